The Morgan fingerprint density at radius 2 is 2.10 bits per heavy atom. The molecule has 1 aromatic heterocycles. The van der Waals surface area contributed by atoms with Crippen molar-refractivity contribution in [3.63, 3.8) is 0 Å². The van der Waals surface area contributed by atoms with Gasteiger partial charge in [-0.2, -0.15) is 0 Å². The van der Waals surface area contributed by atoms with Crippen molar-refractivity contribution in [2.24, 2.45) is 5.92 Å². The van der Waals surface area contributed by atoms with E-state index in [1.54, 1.807) is 0 Å². The Balaban J connectivity index is 1.90. The molecule has 112 valence electrons. The highest BCUT2D eigenvalue weighted by Gasteiger charge is 2.20. The van der Waals surface area contributed by atoms with Gasteiger partial charge in [0, 0.05) is 34.8 Å². The van der Waals surface area contributed by atoms with Crippen LogP contribution in [0.25, 0.3) is 10.9 Å². The molecule has 1 aromatic carbocycles. The molecule has 3 nitrogen and oxygen atoms in total. The summed E-state index contributed by atoms with van der Waals surface area (Å²) in [4.78, 5) is 7.07. The Bertz CT molecular complexity index is 633. The second kappa shape index (κ2) is 6.22. The first kappa shape index (κ1) is 14.6. The molecule has 2 aromatic rings. The molecule has 0 unspecified atom stereocenters. The number of rotatable bonds is 3. The van der Waals surface area contributed by atoms with E-state index in [1.165, 1.54) is 31.4 Å². The maximum atomic E-state index is 6.11. The van der Waals surface area contributed by atoms with Gasteiger partial charge in [0.2, 0.25) is 0 Å². The van der Waals surface area contributed by atoms with Crippen LogP contribution in [0.2, 0.25) is 0 Å². The molecule has 4 heteroatoms. The number of aromatic nitrogens is 1. The van der Waals surface area contributed by atoms with Gasteiger partial charge in [0.15, 0.2) is 0 Å². The smallest absolute Gasteiger partial charge is 0.0956 e. The van der Waals surface area contributed by atoms with Crippen LogP contribution in [0, 0.1) is 5.92 Å². The van der Waals surface area contributed by atoms with Crippen molar-refractivity contribution in [2.75, 3.05) is 23.7 Å². The third-order valence-corrected chi connectivity index (χ3v) is 4.91. The topological polar surface area (TPSA) is 42.1 Å². The SMILES string of the molecule is CCCC1CCN(c2ccc(N)c3cc(Br)cnc23)CC1. The fourth-order valence-corrected chi connectivity index (χ4v) is 3.66. The molecule has 0 atom stereocenters. The van der Waals surface area contributed by atoms with E-state index in [0.29, 0.717) is 0 Å². The molecule has 0 radical (unpaired) electrons. The maximum Gasteiger partial charge on any atom is 0.0956 e. The summed E-state index contributed by atoms with van der Waals surface area (Å²) in [5.74, 6) is 0.897. The van der Waals surface area contributed by atoms with Gasteiger partial charge in [0.25, 0.3) is 0 Å². The van der Waals surface area contributed by atoms with E-state index >= 15 is 0 Å². The van der Waals surface area contributed by atoms with Gasteiger partial charge in [-0.25, -0.2) is 0 Å². The highest BCUT2D eigenvalue weighted by molar-refractivity contribution is 9.10. The monoisotopic (exact) mass is 347 g/mol. The fraction of sp³-hybridized carbons (Fsp3) is 0.471. The standard InChI is InChI=1S/C17H22BrN3/c1-2-3-12-6-8-21(9-7-12)16-5-4-15(19)14-10-13(18)11-20-17(14)16/h4-5,10-12H,2-3,6-9,19H2,1H3. The quantitative estimate of drug-likeness (QED) is 0.825. The number of benzene rings is 1. The van der Waals surface area contributed by atoms with Gasteiger partial charge in [-0.3, -0.25) is 4.98 Å². The summed E-state index contributed by atoms with van der Waals surface area (Å²) in [7, 11) is 0. The summed E-state index contributed by atoms with van der Waals surface area (Å²) in [5.41, 5.74) is 9.14. The number of halogens is 1. The maximum absolute atomic E-state index is 6.11. The van der Waals surface area contributed by atoms with Crippen LogP contribution in [0.1, 0.15) is 32.6 Å². The van der Waals surface area contributed by atoms with E-state index in [4.69, 9.17) is 5.73 Å². The minimum Gasteiger partial charge on any atom is -0.398 e. The third-order valence-electron chi connectivity index (χ3n) is 4.48. The number of nitrogen functional groups attached to an aromatic ring is 1. The summed E-state index contributed by atoms with van der Waals surface area (Å²) >= 11 is 3.48. The van der Waals surface area contributed by atoms with E-state index in [1.807, 2.05) is 12.3 Å². The van der Waals surface area contributed by atoms with Gasteiger partial charge in [-0.05, 0) is 52.9 Å². The van der Waals surface area contributed by atoms with Gasteiger partial charge in [-0.1, -0.05) is 19.8 Å². The highest BCUT2D eigenvalue weighted by Crippen LogP contribution is 2.33. The first-order chi connectivity index (χ1) is 10.2. The summed E-state index contributed by atoms with van der Waals surface area (Å²) in [6.45, 7) is 4.53. The van der Waals surface area contributed by atoms with E-state index in [0.717, 1.165) is 40.1 Å². The molecule has 0 aliphatic carbocycles. The van der Waals surface area contributed by atoms with Crippen molar-refractivity contribution in [1.29, 1.82) is 0 Å². The second-order valence-electron chi connectivity index (χ2n) is 5.94. The fourth-order valence-electron chi connectivity index (χ4n) is 3.33. The zero-order chi connectivity index (χ0) is 14.8. The molecule has 0 spiro atoms. The minimum atomic E-state index is 0.795. The summed E-state index contributed by atoms with van der Waals surface area (Å²) < 4.78 is 0.973. The Hall–Kier alpha value is -1.29. The second-order valence-corrected chi connectivity index (χ2v) is 6.86. The van der Waals surface area contributed by atoms with Gasteiger partial charge in [-0.15, -0.1) is 0 Å². The van der Waals surface area contributed by atoms with Crippen LogP contribution in [0.4, 0.5) is 11.4 Å². The Labute approximate surface area is 134 Å². The third kappa shape index (κ3) is 3.00. The van der Waals surface area contributed by atoms with Crippen molar-refractivity contribution >= 4 is 38.2 Å². The first-order valence-electron chi connectivity index (χ1n) is 7.77. The molecule has 1 aliphatic heterocycles. The number of fused-ring (bicyclic) bond motifs is 1. The van der Waals surface area contributed by atoms with Crippen LogP contribution in [-0.4, -0.2) is 18.1 Å². The van der Waals surface area contributed by atoms with Crippen molar-refractivity contribution in [2.45, 2.75) is 32.6 Å². The number of hydrogen-bond donors (Lipinski definition) is 1. The minimum absolute atomic E-state index is 0.795. The summed E-state index contributed by atoms with van der Waals surface area (Å²) in [6.07, 6.45) is 7.09. The molecule has 0 bridgehead atoms. The molecule has 2 heterocycles. The molecule has 0 saturated carbocycles. The van der Waals surface area contributed by atoms with Crippen LogP contribution in [0.15, 0.2) is 28.9 Å². The zero-order valence-electron chi connectivity index (χ0n) is 12.5. The lowest BCUT2D eigenvalue weighted by molar-refractivity contribution is 0.379. The van der Waals surface area contributed by atoms with E-state index in [-0.39, 0.29) is 0 Å². The lowest BCUT2D eigenvalue weighted by Crippen LogP contribution is -2.33. The predicted molar refractivity (Wildman–Crippen MR) is 93.7 cm³/mol. The lowest BCUT2D eigenvalue weighted by atomic mass is 9.92. The molecule has 2 N–H and O–H groups in total. The van der Waals surface area contributed by atoms with Crippen LogP contribution in [-0.2, 0) is 0 Å². The predicted octanol–water partition coefficient (Wildman–Crippen LogP) is 4.60. The van der Waals surface area contributed by atoms with Crippen molar-refractivity contribution < 1.29 is 0 Å². The van der Waals surface area contributed by atoms with Crippen molar-refractivity contribution in [3.05, 3.63) is 28.9 Å². The van der Waals surface area contributed by atoms with E-state index in [9.17, 15) is 0 Å². The van der Waals surface area contributed by atoms with Gasteiger partial charge >= 0.3 is 0 Å². The van der Waals surface area contributed by atoms with Crippen LogP contribution in [0.3, 0.4) is 0 Å². The van der Waals surface area contributed by atoms with Gasteiger partial charge in [0.05, 0.1) is 11.2 Å². The Morgan fingerprint density at radius 3 is 2.81 bits per heavy atom. The van der Waals surface area contributed by atoms with Crippen LogP contribution >= 0.6 is 15.9 Å². The van der Waals surface area contributed by atoms with Crippen molar-refractivity contribution in [1.82, 2.24) is 4.98 Å². The molecule has 0 amide bonds. The molecule has 1 fully saturated rings. The van der Waals surface area contributed by atoms with Gasteiger partial charge < -0.3 is 10.6 Å². The first-order valence-corrected chi connectivity index (χ1v) is 8.57. The molecule has 1 saturated heterocycles. The highest BCUT2D eigenvalue weighted by atomic mass is 79.9. The van der Waals surface area contributed by atoms with E-state index in [2.05, 4.69) is 44.9 Å². The van der Waals surface area contributed by atoms with Crippen LogP contribution < -0.4 is 10.6 Å². The molecule has 1 aliphatic rings. The number of pyridine rings is 1. The average Bonchev–Trinajstić information content (AvgIpc) is 2.50. The number of hydrogen-bond acceptors (Lipinski definition) is 3. The normalized spacial score (nSPS) is 16.6. The number of nitrogens with two attached hydrogens (primary N) is 1. The van der Waals surface area contributed by atoms with Gasteiger partial charge in [0.1, 0.15) is 0 Å². The van der Waals surface area contributed by atoms with E-state index < -0.39 is 0 Å². The van der Waals surface area contributed by atoms with Crippen molar-refractivity contribution in [3.8, 4) is 0 Å². The van der Waals surface area contributed by atoms with Crippen LogP contribution in [0.5, 0.6) is 0 Å². The Kier molecular flexibility index (Phi) is 4.34. The summed E-state index contributed by atoms with van der Waals surface area (Å²) in [5, 5.41) is 1.04. The average molecular weight is 348 g/mol. The number of anilines is 2. The number of nitrogens with zero attached hydrogens (tertiary/aromatic N) is 2. The molecule has 3 rings (SSSR count). The molecular formula is C17H22BrN3. The lowest BCUT2D eigenvalue weighted by Gasteiger charge is -2.34. The largest absolute Gasteiger partial charge is 0.398 e. The number of piperidine rings is 1. The molecule has 21 heavy (non-hydrogen) atoms. The zero-order valence-corrected chi connectivity index (χ0v) is 14.1. The molecular weight excluding hydrogens is 326 g/mol. The Morgan fingerprint density at radius 1 is 1.33 bits per heavy atom. The summed E-state index contributed by atoms with van der Waals surface area (Å²) in [6, 6.07) is 6.19.